The van der Waals surface area contributed by atoms with Crippen LogP contribution < -0.4 is 0 Å². The molecule has 0 spiro atoms. The Morgan fingerprint density at radius 3 is 2.35 bits per heavy atom. The molecule has 0 radical (unpaired) electrons. The summed E-state index contributed by atoms with van der Waals surface area (Å²) in [4.78, 5) is 35.9. The minimum atomic E-state index is -2.07. The summed E-state index contributed by atoms with van der Waals surface area (Å²) in [6.45, 7) is 1.85. The Bertz CT molecular complexity index is 573. The Morgan fingerprint density at radius 2 is 1.80 bits per heavy atom. The molecule has 0 aliphatic carbocycles. The lowest BCUT2D eigenvalue weighted by molar-refractivity contribution is -0.181. The van der Waals surface area contributed by atoms with E-state index in [1.165, 1.54) is 0 Å². The van der Waals surface area contributed by atoms with Gasteiger partial charge in [0, 0.05) is 6.42 Å². The van der Waals surface area contributed by atoms with Crippen molar-refractivity contribution in [2.24, 2.45) is 0 Å². The average molecular weight is 278 g/mol. The Balaban J connectivity index is 2.55. The molecule has 1 aliphatic rings. The SMILES string of the molecule is COC(=O)C1(C(=O)OC)Cc2cc(C)ccc2C(=O)O1. The Morgan fingerprint density at radius 1 is 1.20 bits per heavy atom. The highest BCUT2D eigenvalue weighted by atomic mass is 16.6. The largest absolute Gasteiger partial charge is 0.466 e. The van der Waals surface area contributed by atoms with Gasteiger partial charge < -0.3 is 14.2 Å². The van der Waals surface area contributed by atoms with Crippen LogP contribution in [0.2, 0.25) is 0 Å². The maximum Gasteiger partial charge on any atom is 0.362 e. The smallest absolute Gasteiger partial charge is 0.362 e. The standard InChI is InChI=1S/C14H14O6/c1-8-4-5-10-9(6-8)7-14(12(16)18-2,13(17)19-3)20-11(10)15/h4-6H,7H2,1-3H3. The lowest BCUT2D eigenvalue weighted by Crippen LogP contribution is -2.55. The van der Waals surface area contributed by atoms with Crippen LogP contribution in [0.15, 0.2) is 18.2 Å². The van der Waals surface area contributed by atoms with Crippen molar-refractivity contribution in [2.45, 2.75) is 18.9 Å². The molecule has 106 valence electrons. The summed E-state index contributed by atoms with van der Waals surface area (Å²) in [7, 11) is 2.24. The van der Waals surface area contributed by atoms with E-state index in [9.17, 15) is 14.4 Å². The van der Waals surface area contributed by atoms with E-state index in [0.29, 0.717) is 11.1 Å². The minimum Gasteiger partial charge on any atom is -0.466 e. The van der Waals surface area contributed by atoms with Gasteiger partial charge in [-0.3, -0.25) is 0 Å². The van der Waals surface area contributed by atoms with Crippen LogP contribution >= 0.6 is 0 Å². The van der Waals surface area contributed by atoms with Gasteiger partial charge in [0.1, 0.15) is 0 Å². The zero-order valence-electron chi connectivity index (χ0n) is 11.4. The predicted molar refractivity (Wildman–Crippen MR) is 67.1 cm³/mol. The lowest BCUT2D eigenvalue weighted by atomic mass is 9.87. The number of carbonyl (C=O) groups is 3. The van der Waals surface area contributed by atoms with Crippen LogP contribution in [0, 0.1) is 6.92 Å². The second kappa shape index (κ2) is 4.96. The number of hydrogen-bond donors (Lipinski definition) is 0. The zero-order chi connectivity index (χ0) is 14.9. The molecule has 0 fully saturated rings. The molecule has 0 saturated carbocycles. The van der Waals surface area contributed by atoms with Crippen LogP contribution in [-0.4, -0.2) is 37.7 Å². The molecule has 0 N–H and O–H groups in total. The summed E-state index contributed by atoms with van der Waals surface area (Å²) in [5.74, 6) is -2.66. The van der Waals surface area contributed by atoms with Gasteiger partial charge in [-0.25, -0.2) is 14.4 Å². The highest BCUT2D eigenvalue weighted by Crippen LogP contribution is 2.31. The molecule has 0 aromatic heterocycles. The maximum absolute atomic E-state index is 12.0. The molecule has 1 aromatic rings. The van der Waals surface area contributed by atoms with Crippen molar-refractivity contribution >= 4 is 17.9 Å². The number of aryl methyl sites for hydroxylation is 1. The highest BCUT2D eigenvalue weighted by molar-refractivity contribution is 6.08. The third-order valence-corrected chi connectivity index (χ3v) is 3.22. The zero-order valence-corrected chi connectivity index (χ0v) is 11.4. The van der Waals surface area contributed by atoms with Gasteiger partial charge >= 0.3 is 23.5 Å². The molecule has 0 saturated heterocycles. The van der Waals surface area contributed by atoms with Crippen molar-refractivity contribution in [3.63, 3.8) is 0 Å². The highest BCUT2D eigenvalue weighted by Gasteiger charge is 2.55. The first-order valence-electron chi connectivity index (χ1n) is 5.94. The summed E-state index contributed by atoms with van der Waals surface area (Å²) in [6, 6.07) is 5.09. The molecule has 6 heteroatoms. The molecular formula is C14H14O6. The first kappa shape index (κ1) is 14.0. The van der Waals surface area contributed by atoms with E-state index >= 15 is 0 Å². The fourth-order valence-corrected chi connectivity index (χ4v) is 2.23. The fraction of sp³-hybridized carbons (Fsp3) is 0.357. The summed E-state index contributed by atoms with van der Waals surface area (Å²) in [5, 5.41) is 0. The topological polar surface area (TPSA) is 78.9 Å². The monoisotopic (exact) mass is 278 g/mol. The van der Waals surface area contributed by atoms with Gasteiger partial charge in [0.05, 0.1) is 19.8 Å². The first-order valence-corrected chi connectivity index (χ1v) is 5.94. The summed E-state index contributed by atoms with van der Waals surface area (Å²) in [5.41, 5.74) is -0.278. The van der Waals surface area contributed by atoms with Crippen LogP contribution in [-0.2, 0) is 30.2 Å². The molecule has 0 bridgehead atoms. The molecule has 6 nitrogen and oxygen atoms in total. The predicted octanol–water partition coefficient (Wildman–Crippen LogP) is 0.793. The Labute approximate surface area is 115 Å². The first-order chi connectivity index (χ1) is 9.44. The van der Waals surface area contributed by atoms with E-state index in [0.717, 1.165) is 19.8 Å². The number of methoxy groups -OCH3 is 2. The van der Waals surface area contributed by atoms with Gasteiger partial charge in [-0.1, -0.05) is 17.7 Å². The van der Waals surface area contributed by atoms with E-state index < -0.39 is 23.5 Å². The van der Waals surface area contributed by atoms with E-state index in [2.05, 4.69) is 9.47 Å². The third kappa shape index (κ3) is 2.03. The van der Waals surface area contributed by atoms with E-state index in [4.69, 9.17) is 4.74 Å². The van der Waals surface area contributed by atoms with Crippen molar-refractivity contribution in [3.05, 3.63) is 34.9 Å². The van der Waals surface area contributed by atoms with E-state index in [1.807, 2.05) is 6.92 Å². The van der Waals surface area contributed by atoms with Crippen molar-refractivity contribution in [1.82, 2.24) is 0 Å². The number of ether oxygens (including phenoxy) is 3. The molecule has 0 atom stereocenters. The molecule has 0 unspecified atom stereocenters. The molecule has 0 amide bonds. The fourth-order valence-electron chi connectivity index (χ4n) is 2.23. The van der Waals surface area contributed by atoms with Gasteiger partial charge in [0.15, 0.2) is 0 Å². The third-order valence-electron chi connectivity index (χ3n) is 3.22. The normalized spacial score (nSPS) is 15.8. The van der Waals surface area contributed by atoms with Gasteiger partial charge in [0.25, 0.3) is 0 Å². The average Bonchev–Trinajstić information content (AvgIpc) is 2.44. The van der Waals surface area contributed by atoms with Crippen LogP contribution in [0.25, 0.3) is 0 Å². The molecule has 1 heterocycles. The summed E-state index contributed by atoms with van der Waals surface area (Å²) >= 11 is 0. The summed E-state index contributed by atoms with van der Waals surface area (Å²) in [6.07, 6.45) is -0.102. The quantitative estimate of drug-likeness (QED) is 0.452. The number of hydrogen-bond acceptors (Lipinski definition) is 6. The van der Waals surface area contributed by atoms with Crippen molar-refractivity contribution in [3.8, 4) is 0 Å². The van der Waals surface area contributed by atoms with E-state index in [-0.39, 0.29) is 6.42 Å². The van der Waals surface area contributed by atoms with Gasteiger partial charge in [-0.05, 0) is 18.6 Å². The van der Waals surface area contributed by atoms with Gasteiger partial charge in [-0.2, -0.15) is 0 Å². The summed E-state index contributed by atoms with van der Waals surface area (Å²) < 4.78 is 14.2. The van der Waals surface area contributed by atoms with E-state index in [1.54, 1.807) is 18.2 Å². The van der Waals surface area contributed by atoms with Crippen LogP contribution in [0.4, 0.5) is 0 Å². The van der Waals surface area contributed by atoms with Crippen LogP contribution in [0.5, 0.6) is 0 Å². The van der Waals surface area contributed by atoms with Crippen LogP contribution in [0.3, 0.4) is 0 Å². The number of carbonyl (C=O) groups excluding carboxylic acids is 3. The second-order valence-electron chi connectivity index (χ2n) is 4.54. The Kier molecular flexibility index (Phi) is 3.48. The number of cyclic esters (lactones) is 1. The van der Waals surface area contributed by atoms with Crippen molar-refractivity contribution in [2.75, 3.05) is 14.2 Å². The van der Waals surface area contributed by atoms with Crippen LogP contribution in [0.1, 0.15) is 21.5 Å². The van der Waals surface area contributed by atoms with Crippen molar-refractivity contribution < 1.29 is 28.6 Å². The molecule has 1 aromatic carbocycles. The minimum absolute atomic E-state index is 0.102. The molecular weight excluding hydrogens is 264 g/mol. The molecule has 1 aliphatic heterocycles. The number of fused-ring (bicyclic) bond motifs is 1. The number of rotatable bonds is 2. The Hall–Kier alpha value is -2.37. The van der Waals surface area contributed by atoms with Gasteiger partial charge in [0.2, 0.25) is 0 Å². The number of esters is 3. The van der Waals surface area contributed by atoms with Gasteiger partial charge in [-0.15, -0.1) is 0 Å². The molecule has 20 heavy (non-hydrogen) atoms. The van der Waals surface area contributed by atoms with Crippen molar-refractivity contribution in [1.29, 1.82) is 0 Å². The second-order valence-corrected chi connectivity index (χ2v) is 4.54. The maximum atomic E-state index is 12.0. The molecule has 2 rings (SSSR count). The lowest BCUT2D eigenvalue weighted by Gasteiger charge is -2.32. The number of benzene rings is 1.